The van der Waals surface area contributed by atoms with Gasteiger partial charge in [0.15, 0.2) is 10.1 Å². The van der Waals surface area contributed by atoms with Crippen LogP contribution in [0.15, 0.2) is 28.6 Å². The van der Waals surface area contributed by atoms with Crippen LogP contribution in [0.1, 0.15) is 37.6 Å². The summed E-state index contributed by atoms with van der Waals surface area (Å²) >= 11 is 2.46. The van der Waals surface area contributed by atoms with E-state index in [1.807, 2.05) is 20.8 Å². The van der Waals surface area contributed by atoms with Gasteiger partial charge < -0.3 is 5.32 Å². The number of aromatic nitrogens is 2. The van der Waals surface area contributed by atoms with Gasteiger partial charge in [-0.3, -0.25) is 9.59 Å². The summed E-state index contributed by atoms with van der Waals surface area (Å²) in [6.45, 7) is 5.94. The molecule has 0 aliphatic rings. The van der Waals surface area contributed by atoms with Crippen molar-refractivity contribution in [3.63, 3.8) is 0 Å². The number of rotatable bonds is 6. The van der Waals surface area contributed by atoms with Crippen molar-refractivity contribution in [2.24, 2.45) is 5.41 Å². The first-order valence-electron chi connectivity index (χ1n) is 7.28. The predicted octanol–water partition coefficient (Wildman–Crippen LogP) is 4.03. The quantitative estimate of drug-likeness (QED) is 0.474. The minimum Gasteiger partial charge on any atom is -0.300 e. The Balaban J connectivity index is 1.86. The summed E-state index contributed by atoms with van der Waals surface area (Å²) < 4.78 is 13.4. The molecule has 0 saturated heterocycles. The van der Waals surface area contributed by atoms with Crippen LogP contribution in [-0.2, 0) is 4.79 Å². The fourth-order valence-electron chi connectivity index (χ4n) is 1.81. The summed E-state index contributed by atoms with van der Waals surface area (Å²) in [4.78, 5) is 23.9. The van der Waals surface area contributed by atoms with Crippen molar-refractivity contribution in [2.75, 3.05) is 11.1 Å². The molecule has 1 aromatic carbocycles. The van der Waals surface area contributed by atoms with Gasteiger partial charge >= 0.3 is 0 Å². The van der Waals surface area contributed by atoms with Crippen LogP contribution in [-0.4, -0.2) is 27.6 Å². The number of nitrogens with one attached hydrogen (secondary N) is 1. The molecule has 8 heteroatoms. The molecule has 128 valence electrons. The summed E-state index contributed by atoms with van der Waals surface area (Å²) in [6.07, 6.45) is 0.387. The topological polar surface area (TPSA) is 72.0 Å². The van der Waals surface area contributed by atoms with Crippen molar-refractivity contribution >= 4 is 39.9 Å². The Morgan fingerprint density at radius 3 is 2.50 bits per heavy atom. The molecule has 0 spiro atoms. The van der Waals surface area contributed by atoms with Crippen molar-refractivity contribution in [3.8, 4) is 0 Å². The van der Waals surface area contributed by atoms with E-state index < -0.39 is 0 Å². The van der Waals surface area contributed by atoms with Crippen LogP contribution in [0.25, 0.3) is 0 Å². The minimum absolute atomic E-state index is 0.103. The molecule has 1 amide bonds. The number of carbonyl (C=O) groups excluding carboxylic acids is 2. The summed E-state index contributed by atoms with van der Waals surface area (Å²) in [5.41, 5.74) is 0.348. The lowest BCUT2D eigenvalue weighted by Crippen LogP contribution is -2.19. The summed E-state index contributed by atoms with van der Waals surface area (Å²) in [6, 6.07) is 5.42. The van der Waals surface area contributed by atoms with E-state index in [1.54, 1.807) is 0 Å². The standard InChI is InChI=1S/C16H18FN3O2S2/c1-16(2,3)8-13(22)18-14-19-20-15(24-14)23-9-12(21)10-4-6-11(17)7-5-10/h4-7H,8-9H2,1-3H3,(H,18,19,22). The molecule has 1 aromatic heterocycles. The molecular weight excluding hydrogens is 349 g/mol. The Kier molecular flexibility index (Phi) is 6.06. The molecule has 0 radical (unpaired) electrons. The maximum atomic E-state index is 12.8. The molecule has 2 aromatic rings. The SMILES string of the molecule is CC(C)(C)CC(=O)Nc1nnc(SCC(=O)c2ccc(F)cc2)s1. The first-order chi connectivity index (χ1) is 11.2. The molecule has 0 atom stereocenters. The zero-order valence-corrected chi connectivity index (χ0v) is 15.3. The smallest absolute Gasteiger partial charge is 0.226 e. The number of nitrogens with zero attached hydrogens (tertiary/aromatic N) is 2. The molecule has 2 rings (SSSR count). The lowest BCUT2D eigenvalue weighted by atomic mass is 9.92. The Hall–Kier alpha value is -1.80. The molecule has 0 aliphatic carbocycles. The fourth-order valence-corrected chi connectivity index (χ4v) is 3.47. The molecule has 1 N–H and O–H groups in total. The van der Waals surface area contributed by atoms with Gasteiger partial charge in [-0.1, -0.05) is 43.9 Å². The third-order valence-electron chi connectivity index (χ3n) is 2.84. The van der Waals surface area contributed by atoms with E-state index in [0.29, 0.717) is 21.5 Å². The normalized spacial score (nSPS) is 11.3. The first kappa shape index (κ1) is 18.5. The summed E-state index contributed by atoms with van der Waals surface area (Å²) in [5, 5.41) is 11.0. The van der Waals surface area contributed by atoms with Gasteiger partial charge in [0.2, 0.25) is 11.0 Å². The van der Waals surface area contributed by atoms with E-state index in [2.05, 4.69) is 15.5 Å². The van der Waals surface area contributed by atoms with Crippen LogP contribution >= 0.6 is 23.1 Å². The highest BCUT2D eigenvalue weighted by Crippen LogP contribution is 2.27. The third kappa shape index (κ3) is 6.01. The van der Waals surface area contributed by atoms with E-state index in [9.17, 15) is 14.0 Å². The second-order valence-electron chi connectivity index (χ2n) is 6.38. The van der Waals surface area contributed by atoms with Crippen LogP contribution < -0.4 is 5.32 Å². The van der Waals surface area contributed by atoms with Gasteiger partial charge in [-0.2, -0.15) is 0 Å². The molecule has 1 heterocycles. The van der Waals surface area contributed by atoms with E-state index in [-0.39, 0.29) is 28.7 Å². The average Bonchev–Trinajstić information content (AvgIpc) is 2.91. The van der Waals surface area contributed by atoms with Crippen molar-refractivity contribution in [1.29, 1.82) is 0 Å². The number of carbonyl (C=O) groups is 2. The monoisotopic (exact) mass is 367 g/mol. The maximum absolute atomic E-state index is 12.8. The molecule has 0 bridgehead atoms. The van der Waals surface area contributed by atoms with Crippen molar-refractivity contribution in [1.82, 2.24) is 10.2 Å². The highest BCUT2D eigenvalue weighted by molar-refractivity contribution is 8.01. The summed E-state index contributed by atoms with van der Waals surface area (Å²) in [5.74, 6) is -0.430. The van der Waals surface area contributed by atoms with Gasteiger partial charge in [0.25, 0.3) is 0 Å². The van der Waals surface area contributed by atoms with Crippen molar-refractivity contribution in [3.05, 3.63) is 35.6 Å². The lowest BCUT2D eigenvalue weighted by molar-refractivity contribution is -0.117. The Bertz CT molecular complexity index is 724. The number of halogens is 1. The Labute approximate surface area is 148 Å². The van der Waals surface area contributed by atoms with Crippen molar-refractivity contribution in [2.45, 2.75) is 31.5 Å². The summed E-state index contributed by atoms with van der Waals surface area (Å²) in [7, 11) is 0. The van der Waals surface area contributed by atoms with Crippen LogP contribution in [0.5, 0.6) is 0 Å². The first-order valence-corrected chi connectivity index (χ1v) is 9.08. The number of Topliss-reactive ketones (excluding diaryl/α,β-unsaturated/α-hetero) is 1. The van der Waals surface area contributed by atoms with E-state index in [0.717, 1.165) is 0 Å². The van der Waals surface area contributed by atoms with Crippen LogP contribution in [0.4, 0.5) is 9.52 Å². The number of ketones is 1. The van der Waals surface area contributed by atoms with Crippen LogP contribution in [0.2, 0.25) is 0 Å². The second-order valence-corrected chi connectivity index (χ2v) is 8.58. The molecule has 0 fully saturated rings. The molecular formula is C16H18FN3O2S2. The average molecular weight is 367 g/mol. The zero-order chi connectivity index (χ0) is 17.7. The van der Waals surface area contributed by atoms with Gasteiger partial charge in [-0.05, 0) is 29.7 Å². The number of hydrogen-bond acceptors (Lipinski definition) is 6. The predicted molar refractivity (Wildman–Crippen MR) is 94.1 cm³/mol. The second kappa shape index (κ2) is 7.85. The van der Waals surface area contributed by atoms with Gasteiger partial charge in [-0.25, -0.2) is 4.39 Å². The van der Waals surface area contributed by atoms with Gasteiger partial charge in [0.05, 0.1) is 5.75 Å². The van der Waals surface area contributed by atoms with E-state index in [4.69, 9.17) is 0 Å². The number of benzene rings is 1. The molecule has 0 saturated carbocycles. The maximum Gasteiger partial charge on any atom is 0.226 e. The number of thioether (sulfide) groups is 1. The largest absolute Gasteiger partial charge is 0.300 e. The number of hydrogen-bond donors (Lipinski definition) is 1. The van der Waals surface area contributed by atoms with Gasteiger partial charge in [-0.15, -0.1) is 10.2 Å². The van der Waals surface area contributed by atoms with E-state index >= 15 is 0 Å². The number of amides is 1. The number of anilines is 1. The molecule has 0 aliphatic heterocycles. The Morgan fingerprint density at radius 1 is 1.21 bits per heavy atom. The fraction of sp³-hybridized carbons (Fsp3) is 0.375. The van der Waals surface area contributed by atoms with E-state index in [1.165, 1.54) is 47.4 Å². The highest BCUT2D eigenvalue weighted by atomic mass is 32.2. The zero-order valence-electron chi connectivity index (χ0n) is 13.6. The van der Waals surface area contributed by atoms with Crippen LogP contribution in [0.3, 0.4) is 0 Å². The third-order valence-corrected chi connectivity index (χ3v) is 4.81. The molecule has 24 heavy (non-hydrogen) atoms. The van der Waals surface area contributed by atoms with Gasteiger partial charge in [0, 0.05) is 12.0 Å². The van der Waals surface area contributed by atoms with Gasteiger partial charge in [0.1, 0.15) is 5.82 Å². The van der Waals surface area contributed by atoms with Crippen LogP contribution in [0, 0.1) is 11.2 Å². The van der Waals surface area contributed by atoms with Crippen molar-refractivity contribution < 1.29 is 14.0 Å². The molecule has 5 nitrogen and oxygen atoms in total. The minimum atomic E-state index is -0.376. The molecule has 0 unspecified atom stereocenters. The highest BCUT2D eigenvalue weighted by Gasteiger charge is 2.17. The lowest BCUT2D eigenvalue weighted by Gasteiger charge is -2.16. The Morgan fingerprint density at radius 2 is 1.88 bits per heavy atom.